The maximum Gasteiger partial charge on any atom is 0.226 e. The van der Waals surface area contributed by atoms with Gasteiger partial charge in [-0.2, -0.15) is 0 Å². The summed E-state index contributed by atoms with van der Waals surface area (Å²) >= 11 is 0. The molecule has 1 aliphatic rings. The Balaban J connectivity index is 1.45. The Hall–Kier alpha value is -2.28. The van der Waals surface area contributed by atoms with Gasteiger partial charge in [0.25, 0.3) is 0 Å². The molecule has 1 N–H and O–H groups in total. The van der Waals surface area contributed by atoms with Gasteiger partial charge in [-0.3, -0.25) is 4.79 Å². The molecule has 1 aromatic heterocycles. The zero-order chi connectivity index (χ0) is 16.9. The van der Waals surface area contributed by atoms with E-state index >= 15 is 0 Å². The van der Waals surface area contributed by atoms with Gasteiger partial charge in [-0.1, -0.05) is 6.07 Å². The van der Waals surface area contributed by atoms with E-state index in [4.69, 9.17) is 4.74 Å². The monoisotopic (exact) mass is 335 g/mol. The minimum Gasteiger partial charge on any atom is -0.372 e. The second-order valence-corrected chi connectivity index (χ2v) is 5.88. The van der Waals surface area contributed by atoms with E-state index in [1.807, 2.05) is 0 Å². The lowest BCUT2D eigenvalue weighted by Gasteiger charge is -2.32. The molecule has 128 valence electrons. The number of nitrogens with zero attached hydrogens (tertiary/aromatic N) is 2. The number of nitrogens with one attached hydrogen (secondary N) is 1. The van der Waals surface area contributed by atoms with Crippen LogP contribution in [-0.2, 0) is 22.6 Å². The predicted octanol–water partition coefficient (Wildman–Crippen LogP) is 2.44. The van der Waals surface area contributed by atoms with E-state index in [9.17, 15) is 13.6 Å². The van der Waals surface area contributed by atoms with Crippen molar-refractivity contribution in [3.05, 3.63) is 53.6 Å². The zero-order valence-electron chi connectivity index (χ0n) is 13.2. The summed E-state index contributed by atoms with van der Waals surface area (Å²) in [5.74, 6) is -1.90. The summed E-state index contributed by atoms with van der Waals surface area (Å²) in [5, 5.41) is 0. The molecule has 1 amide bonds. The molecule has 1 saturated heterocycles. The lowest BCUT2D eigenvalue weighted by atomic mass is 10.1. The number of carbonyl (C=O) groups excluding carboxylic acids is 1. The van der Waals surface area contributed by atoms with Crippen LogP contribution in [0.1, 0.15) is 24.1 Å². The van der Waals surface area contributed by atoms with E-state index in [1.165, 1.54) is 6.07 Å². The fourth-order valence-corrected chi connectivity index (χ4v) is 2.78. The van der Waals surface area contributed by atoms with Gasteiger partial charge in [0.1, 0.15) is 0 Å². The molecule has 0 radical (unpaired) electrons. The first-order valence-corrected chi connectivity index (χ1v) is 7.93. The average molecular weight is 335 g/mol. The van der Waals surface area contributed by atoms with E-state index in [2.05, 4.69) is 9.97 Å². The summed E-state index contributed by atoms with van der Waals surface area (Å²) in [5.41, 5.74) is 1.34. The van der Waals surface area contributed by atoms with Crippen LogP contribution in [0.5, 0.6) is 0 Å². The van der Waals surface area contributed by atoms with Crippen LogP contribution in [0.3, 0.4) is 0 Å². The van der Waals surface area contributed by atoms with Crippen molar-refractivity contribution in [1.82, 2.24) is 14.9 Å². The highest BCUT2D eigenvalue weighted by Gasteiger charge is 2.23. The van der Waals surface area contributed by atoms with Crippen molar-refractivity contribution in [1.29, 1.82) is 0 Å². The minimum atomic E-state index is -0.925. The fraction of sp³-hybridized carbons (Fsp3) is 0.412. The molecule has 0 unspecified atom stereocenters. The Kier molecular flexibility index (Phi) is 5.20. The Morgan fingerprint density at radius 1 is 1.29 bits per heavy atom. The Morgan fingerprint density at radius 2 is 2.08 bits per heavy atom. The molecule has 1 aromatic carbocycles. The molecular weight excluding hydrogens is 316 g/mol. The Labute approximate surface area is 138 Å². The van der Waals surface area contributed by atoms with Gasteiger partial charge >= 0.3 is 0 Å². The van der Waals surface area contributed by atoms with Gasteiger partial charge in [0, 0.05) is 19.3 Å². The summed E-state index contributed by atoms with van der Waals surface area (Å²) in [7, 11) is 0. The highest BCUT2D eigenvalue weighted by Crippen LogP contribution is 2.17. The fourth-order valence-electron chi connectivity index (χ4n) is 2.78. The van der Waals surface area contributed by atoms with E-state index in [0.29, 0.717) is 25.3 Å². The number of halogens is 2. The van der Waals surface area contributed by atoms with Gasteiger partial charge in [-0.15, -0.1) is 0 Å². The van der Waals surface area contributed by atoms with Crippen molar-refractivity contribution in [3.8, 4) is 0 Å². The summed E-state index contributed by atoms with van der Waals surface area (Å²) in [6.45, 7) is 1.67. The molecule has 1 aliphatic heterocycles. The number of aromatic amines is 1. The van der Waals surface area contributed by atoms with E-state index in [0.717, 1.165) is 30.7 Å². The van der Waals surface area contributed by atoms with Crippen molar-refractivity contribution in [2.24, 2.45) is 0 Å². The normalized spacial score (nSPS) is 15.7. The summed E-state index contributed by atoms with van der Waals surface area (Å²) in [4.78, 5) is 21.0. The van der Waals surface area contributed by atoms with Crippen molar-refractivity contribution >= 4 is 5.91 Å². The van der Waals surface area contributed by atoms with Gasteiger partial charge in [-0.25, -0.2) is 13.8 Å². The molecule has 0 aliphatic carbocycles. The number of rotatable bonds is 5. The SMILES string of the molecule is O=C(Cc1ccc(F)c(F)c1)N1CCC(OCc2c[nH]cn2)CC1. The molecule has 0 atom stereocenters. The quantitative estimate of drug-likeness (QED) is 0.913. The minimum absolute atomic E-state index is 0.0771. The molecule has 0 spiro atoms. The van der Waals surface area contributed by atoms with Crippen LogP contribution in [0.25, 0.3) is 0 Å². The standard InChI is InChI=1S/C17H19F2N3O2/c18-15-2-1-12(7-16(15)19)8-17(23)22-5-3-14(4-6-22)24-10-13-9-20-11-21-13/h1-2,7,9,11,14H,3-6,8,10H2,(H,20,21). The summed E-state index contributed by atoms with van der Waals surface area (Å²) < 4.78 is 31.9. The lowest BCUT2D eigenvalue weighted by molar-refractivity contribution is -0.133. The second-order valence-electron chi connectivity index (χ2n) is 5.88. The number of hydrogen-bond acceptors (Lipinski definition) is 3. The number of piperidine rings is 1. The number of benzene rings is 1. The number of hydrogen-bond donors (Lipinski definition) is 1. The summed E-state index contributed by atoms with van der Waals surface area (Å²) in [6.07, 6.45) is 5.10. The highest BCUT2D eigenvalue weighted by atomic mass is 19.2. The molecule has 2 heterocycles. The number of likely N-dealkylation sites (tertiary alicyclic amines) is 1. The van der Waals surface area contributed by atoms with Gasteiger partial charge in [0.15, 0.2) is 11.6 Å². The third-order valence-electron chi connectivity index (χ3n) is 4.16. The highest BCUT2D eigenvalue weighted by molar-refractivity contribution is 5.78. The third kappa shape index (κ3) is 4.17. The van der Waals surface area contributed by atoms with Crippen LogP contribution in [0, 0.1) is 11.6 Å². The smallest absolute Gasteiger partial charge is 0.226 e. The van der Waals surface area contributed by atoms with Gasteiger partial charge in [-0.05, 0) is 30.5 Å². The first kappa shape index (κ1) is 16.6. The predicted molar refractivity (Wildman–Crippen MR) is 83.0 cm³/mol. The van der Waals surface area contributed by atoms with Gasteiger partial charge < -0.3 is 14.6 Å². The average Bonchev–Trinajstić information content (AvgIpc) is 3.10. The van der Waals surface area contributed by atoms with Crippen LogP contribution in [0.4, 0.5) is 8.78 Å². The maximum absolute atomic E-state index is 13.2. The van der Waals surface area contributed by atoms with Crippen LogP contribution in [-0.4, -0.2) is 40.0 Å². The van der Waals surface area contributed by atoms with E-state index < -0.39 is 11.6 Å². The number of amides is 1. The number of ether oxygens (including phenoxy) is 1. The number of H-pyrrole nitrogens is 1. The molecular formula is C17H19F2N3O2. The van der Waals surface area contributed by atoms with Gasteiger partial charge in [0.2, 0.25) is 5.91 Å². The second kappa shape index (κ2) is 7.53. The molecule has 5 nitrogen and oxygen atoms in total. The van der Waals surface area contributed by atoms with Crippen LogP contribution in [0.15, 0.2) is 30.7 Å². The topological polar surface area (TPSA) is 58.2 Å². The molecule has 3 rings (SSSR count). The first-order valence-electron chi connectivity index (χ1n) is 7.93. The third-order valence-corrected chi connectivity index (χ3v) is 4.16. The number of carbonyl (C=O) groups is 1. The molecule has 2 aromatic rings. The zero-order valence-corrected chi connectivity index (χ0v) is 13.2. The number of imidazole rings is 1. The van der Waals surface area contributed by atoms with E-state index in [1.54, 1.807) is 17.4 Å². The largest absolute Gasteiger partial charge is 0.372 e. The van der Waals surface area contributed by atoms with Crippen LogP contribution < -0.4 is 0 Å². The van der Waals surface area contributed by atoms with E-state index in [-0.39, 0.29) is 18.4 Å². The molecule has 0 saturated carbocycles. The van der Waals surface area contributed by atoms with Crippen molar-refractivity contribution in [2.45, 2.75) is 32.0 Å². The Morgan fingerprint density at radius 3 is 2.75 bits per heavy atom. The lowest BCUT2D eigenvalue weighted by Crippen LogP contribution is -2.41. The molecule has 7 heteroatoms. The van der Waals surface area contributed by atoms with Crippen LogP contribution >= 0.6 is 0 Å². The van der Waals surface area contributed by atoms with Crippen molar-refractivity contribution in [3.63, 3.8) is 0 Å². The number of aromatic nitrogens is 2. The van der Waals surface area contributed by atoms with Crippen LogP contribution in [0.2, 0.25) is 0 Å². The maximum atomic E-state index is 13.2. The Bertz CT molecular complexity index is 683. The molecule has 24 heavy (non-hydrogen) atoms. The van der Waals surface area contributed by atoms with Gasteiger partial charge in [0.05, 0.1) is 31.2 Å². The summed E-state index contributed by atoms with van der Waals surface area (Å²) in [6, 6.07) is 3.57. The van der Waals surface area contributed by atoms with Crippen molar-refractivity contribution < 1.29 is 18.3 Å². The van der Waals surface area contributed by atoms with Crippen molar-refractivity contribution in [2.75, 3.05) is 13.1 Å². The first-order chi connectivity index (χ1) is 11.6. The molecule has 0 bridgehead atoms. The molecule has 1 fully saturated rings.